The van der Waals surface area contributed by atoms with Crippen LogP contribution in [0.2, 0.25) is 10.0 Å². The Balaban J connectivity index is 0.000000867. The van der Waals surface area contributed by atoms with E-state index in [1.807, 2.05) is 46.0 Å². The van der Waals surface area contributed by atoms with Gasteiger partial charge in [-0.1, -0.05) is 35.3 Å². The fourth-order valence-corrected chi connectivity index (χ4v) is 5.15. The fraction of sp³-hybridized carbons (Fsp3) is 0.379. The third-order valence-electron chi connectivity index (χ3n) is 6.68. The maximum Gasteiger partial charge on any atom is 0.219 e. The zero-order chi connectivity index (χ0) is 28.5. The second kappa shape index (κ2) is 14.0. The van der Waals surface area contributed by atoms with Crippen LogP contribution in [0.1, 0.15) is 12.5 Å². The first kappa shape index (κ1) is 29.9. The van der Waals surface area contributed by atoms with E-state index >= 15 is 0 Å². The van der Waals surface area contributed by atoms with E-state index in [-0.39, 0.29) is 12.0 Å². The highest BCUT2D eigenvalue weighted by Gasteiger charge is 2.45. The van der Waals surface area contributed by atoms with Gasteiger partial charge in [0.05, 0.1) is 24.5 Å². The van der Waals surface area contributed by atoms with Crippen molar-refractivity contribution in [3.63, 3.8) is 0 Å². The average molecular weight is 589 g/mol. The van der Waals surface area contributed by atoms with Crippen molar-refractivity contribution in [1.29, 1.82) is 0 Å². The maximum atomic E-state index is 11.6. The normalized spacial score (nSPS) is 20.6. The number of piperazine rings is 1. The molecule has 1 amide bonds. The standard InChI is InChI=1S/C26H28Cl2N4O4.C3H7N/c1-19(33)31-10-12-32(13-11-31)21-3-5-22(6-4-21)34-15-23-16-35-26(36-23,17-30-9-8-29-18-30)24-7-2-20(27)14-25(24)28;1-2-3-4/h2-9,14,18,23H,10-13,15-17H2,1H3;2H,1,3-4H2. The van der Waals surface area contributed by atoms with Crippen LogP contribution in [0.15, 0.2) is 73.8 Å². The number of nitrogens with two attached hydrogens (primary N) is 1. The number of imidazole rings is 1. The van der Waals surface area contributed by atoms with Gasteiger partial charge in [-0.25, -0.2) is 4.98 Å². The van der Waals surface area contributed by atoms with E-state index in [9.17, 15) is 4.79 Å². The number of carbonyl (C=O) groups excluding carboxylic acids is 1. The van der Waals surface area contributed by atoms with Gasteiger partial charge in [-0.3, -0.25) is 4.79 Å². The molecule has 2 atom stereocenters. The number of carbonyl (C=O) groups is 1. The van der Waals surface area contributed by atoms with Gasteiger partial charge in [0, 0.05) is 68.3 Å². The lowest BCUT2D eigenvalue weighted by molar-refractivity contribution is -0.189. The van der Waals surface area contributed by atoms with Gasteiger partial charge >= 0.3 is 0 Å². The number of nitrogens with zero attached hydrogens (tertiary/aromatic N) is 4. The van der Waals surface area contributed by atoms with Gasteiger partial charge < -0.3 is 34.3 Å². The molecular weight excluding hydrogens is 553 g/mol. The molecule has 2 saturated heterocycles. The molecule has 9 nitrogen and oxygen atoms in total. The summed E-state index contributed by atoms with van der Waals surface area (Å²) in [4.78, 5) is 19.8. The summed E-state index contributed by atoms with van der Waals surface area (Å²) in [6, 6.07) is 13.3. The zero-order valence-corrected chi connectivity index (χ0v) is 24.1. The molecule has 1 aromatic heterocycles. The molecule has 3 heterocycles. The van der Waals surface area contributed by atoms with Gasteiger partial charge in [-0.15, -0.1) is 6.58 Å². The van der Waals surface area contributed by atoms with Crippen LogP contribution >= 0.6 is 23.2 Å². The average Bonchev–Trinajstić information content (AvgIpc) is 3.63. The maximum absolute atomic E-state index is 11.6. The van der Waals surface area contributed by atoms with Gasteiger partial charge in [0.15, 0.2) is 0 Å². The predicted molar refractivity (Wildman–Crippen MR) is 157 cm³/mol. The largest absolute Gasteiger partial charge is 0.491 e. The van der Waals surface area contributed by atoms with Crippen LogP contribution in [0.3, 0.4) is 0 Å². The van der Waals surface area contributed by atoms with E-state index in [0.29, 0.717) is 41.9 Å². The van der Waals surface area contributed by atoms with Crippen LogP contribution < -0.4 is 15.4 Å². The number of ether oxygens (including phenoxy) is 3. The molecule has 0 radical (unpaired) electrons. The Bertz CT molecular complexity index is 1250. The number of aromatic nitrogens is 2. The van der Waals surface area contributed by atoms with Gasteiger partial charge in [0.2, 0.25) is 11.7 Å². The molecule has 40 heavy (non-hydrogen) atoms. The molecule has 2 aliphatic heterocycles. The number of hydrogen-bond acceptors (Lipinski definition) is 7. The third kappa shape index (κ3) is 7.56. The van der Waals surface area contributed by atoms with Crippen molar-refractivity contribution in [3.8, 4) is 5.75 Å². The summed E-state index contributed by atoms with van der Waals surface area (Å²) in [6.07, 6.45) is 6.63. The molecule has 0 bridgehead atoms. The first-order valence-electron chi connectivity index (χ1n) is 13.1. The molecule has 11 heteroatoms. The highest BCUT2D eigenvalue weighted by atomic mass is 35.5. The van der Waals surface area contributed by atoms with E-state index in [2.05, 4.69) is 16.5 Å². The molecule has 0 spiro atoms. The molecular formula is C29H35Cl2N5O4. The van der Waals surface area contributed by atoms with Crippen LogP contribution in [-0.4, -0.2) is 72.4 Å². The Morgan fingerprint density at radius 3 is 2.52 bits per heavy atom. The Labute approximate surface area is 245 Å². The van der Waals surface area contributed by atoms with Crippen molar-refractivity contribution < 1.29 is 19.0 Å². The quantitative estimate of drug-likeness (QED) is 0.392. The number of halogens is 2. The van der Waals surface area contributed by atoms with Crippen molar-refractivity contribution in [3.05, 3.63) is 89.4 Å². The summed E-state index contributed by atoms with van der Waals surface area (Å²) >= 11 is 12.7. The van der Waals surface area contributed by atoms with Crippen LogP contribution in [-0.2, 0) is 26.6 Å². The van der Waals surface area contributed by atoms with E-state index in [1.54, 1.807) is 37.7 Å². The van der Waals surface area contributed by atoms with Gasteiger partial charge in [0.1, 0.15) is 18.5 Å². The van der Waals surface area contributed by atoms with Crippen molar-refractivity contribution in [1.82, 2.24) is 14.5 Å². The van der Waals surface area contributed by atoms with E-state index in [0.717, 1.165) is 37.6 Å². The third-order valence-corrected chi connectivity index (χ3v) is 7.23. The van der Waals surface area contributed by atoms with E-state index in [4.69, 9.17) is 43.1 Å². The molecule has 3 aromatic rings. The Hall–Kier alpha value is -3.08. The van der Waals surface area contributed by atoms with E-state index < -0.39 is 5.79 Å². The lowest BCUT2D eigenvalue weighted by atomic mass is 10.1. The van der Waals surface area contributed by atoms with Crippen molar-refractivity contribution in [2.45, 2.75) is 25.4 Å². The minimum absolute atomic E-state index is 0.129. The number of amides is 1. The van der Waals surface area contributed by atoms with Crippen LogP contribution in [0, 0.1) is 0 Å². The number of benzene rings is 2. The van der Waals surface area contributed by atoms with Crippen molar-refractivity contribution in [2.75, 3.05) is 50.8 Å². The monoisotopic (exact) mass is 587 g/mol. The summed E-state index contributed by atoms with van der Waals surface area (Å²) in [7, 11) is 0. The lowest BCUT2D eigenvalue weighted by Crippen LogP contribution is -2.48. The second-order valence-corrected chi connectivity index (χ2v) is 10.3. The Morgan fingerprint density at radius 2 is 1.93 bits per heavy atom. The minimum atomic E-state index is -1.08. The summed E-state index contributed by atoms with van der Waals surface area (Å²) in [5.74, 6) is -0.201. The lowest BCUT2D eigenvalue weighted by Gasteiger charge is -2.35. The zero-order valence-electron chi connectivity index (χ0n) is 22.5. The highest BCUT2D eigenvalue weighted by molar-refractivity contribution is 6.35. The SMILES string of the molecule is C=CCN.CC(=O)N1CCN(c2ccc(OCC3COC(Cn4ccnc4)(c4ccc(Cl)cc4Cl)O3)cc2)CC1. The van der Waals surface area contributed by atoms with Crippen LogP contribution in [0.4, 0.5) is 5.69 Å². The van der Waals surface area contributed by atoms with Gasteiger partial charge in [-0.2, -0.15) is 0 Å². The molecule has 2 fully saturated rings. The van der Waals surface area contributed by atoms with Crippen LogP contribution in [0.5, 0.6) is 5.75 Å². The van der Waals surface area contributed by atoms with Crippen molar-refractivity contribution >= 4 is 34.8 Å². The number of rotatable bonds is 8. The summed E-state index contributed by atoms with van der Waals surface area (Å²) in [5, 5.41) is 1.02. The molecule has 0 saturated carbocycles. The topological polar surface area (TPSA) is 95.1 Å². The van der Waals surface area contributed by atoms with Crippen molar-refractivity contribution in [2.24, 2.45) is 5.73 Å². The molecule has 2 unspecified atom stereocenters. The van der Waals surface area contributed by atoms with Crippen LogP contribution in [0.25, 0.3) is 0 Å². The van der Waals surface area contributed by atoms with Gasteiger partial charge in [0.25, 0.3) is 0 Å². The first-order valence-corrected chi connectivity index (χ1v) is 13.9. The molecule has 5 rings (SSSR count). The fourth-order valence-electron chi connectivity index (χ4n) is 4.60. The summed E-state index contributed by atoms with van der Waals surface area (Å²) < 4.78 is 20.6. The number of hydrogen-bond donors (Lipinski definition) is 1. The second-order valence-electron chi connectivity index (χ2n) is 9.49. The number of anilines is 1. The van der Waals surface area contributed by atoms with Gasteiger partial charge in [-0.05, 0) is 36.4 Å². The summed E-state index contributed by atoms with van der Waals surface area (Å²) in [6.45, 7) is 9.74. The molecule has 2 aliphatic rings. The highest BCUT2D eigenvalue weighted by Crippen LogP contribution is 2.40. The van der Waals surface area contributed by atoms with E-state index in [1.165, 1.54) is 0 Å². The molecule has 0 aliphatic carbocycles. The Kier molecular flexibility index (Phi) is 10.5. The first-order chi connectivity index (χ1) is 19.3. The Morgan fingerprint density at radius 1 is 1.20 bits per heavy atom. The minimum Gasteiger partial charge on any atom is -0.491 e. The molecule has 214 valence electrons. The predicted octanol–water partition coefficient (Wildman–Crippen LogP) is 4.34. The molecule has 2 N–H and O–H groups in total. The molecule has 2 aromatic carbocycles. The smallest absolute Gasteiger partial charge is 0.219 e. The summed E-state index contributed by atoms with van der Waals surface area (Å²) in [5.41, 5.74) is 6.73.